The SMILES string of the molecule is C=C(C)C(=O)OC(C)OC(=O)C(O)CC(=O)O. The average Bonchev–Trinajstić information content (AvgIpc) is 2.15. The van der Waals surface area contributed by atoms with Crippen molar-refractivity contribution in [2.24, 2.45) is 0 Å². The van der Waals surface area contributed by atoms with E-state index < -0.39 is 36.7 Å². The van der Waals surface area contributed by atoms with Gasteiger partial charge < -0.3 is 19.7 Å². The smallest absolute Gasteiger partial charge is 0.338 e. The molecule has 0 spiro atoms. The van der Waals surface area contributed by atoms with Gasteiger partial charge in [0.2, 0.25) is 6.29 Å². The summed E-state index contributed by atoms with van der Waals surface area (Å²) in [6, 6.07) is 0. The predicted octanol–water partition coefficient (Wildman–Crippen LogP) is -0.169. The second kappa shape index (κ2) is 6.64. The highest BCUT2D eigenvalue weighted by molar-refractivity contribution is 5.87. The maximum Gasteiger partial charge on any atom is 0.338 e. The number of rotatable bonds is 6. The Morgan fingerprint density at radius 3 is 2.24 bits per heavy atom. The Morgan fingerprint density at radius 1 is 1.29 bits per heavy atom. The molecule has 17 heavy (non-hydrogen) atoms. The molecule has 0 saturated carbocycles. The van der Waals surface area contributed by atoms with Gasteiger partial charge in [-0.3, -0.25) is 4.79 Å². The van der Waals surface area contributed by atoms with Gasteiger partial charge in [0, 0.05) is 12.5 Å². The predicted molar refractivity (Wildman–Crippen MR) is 54.7 cm³/mol. The summed E-state index contributed by atoms with van der Waals surface area (Å²) >= 11 is 0. The van der Waals surface area contributed by atoms with Crippen molar-refractivity contribution in [1.29, 1.82) is 0 Å². The molecule has 7 heteroatoms. The lowest BCUT2D eigenvalue weighted by atomic mass is 10.2. The number of carbonyl (C=O) groups is 3. The van der Waals surface area contributed by atoms with Crippen LogP contribution in [-0.4, -0.2) is 40.5 Å². The molecule has 0 radical (unpaired) electrons. The number of carboxylic acids is 1. The first-order valence-electron chi connectivity index (χ1n) is 4.71. The summed E-state index contributed by atoms with van der Waals surface area (Å²) in [7, 11) is 0. The zero-order valence-electron chi connectivity index (χ0n) is 9.50. The van der Waals surface area contributed by atoms with Gasteiger partial charge in [-0.05, 0) is 6.92 Å². The quantitative estimate of drug-likeness (QED) is 0.380. The van der Waals surface area contributed by atoms with E-state index in [9.17, 15) is 14.4 Å². The maximum atomic E-state index is 11.1. The summed E-state index contributed by atoms with van der Waals surface area (Å²) in [6.45, 7) is 5.99. The van der Waals surface area contributed by atoms with Gasteiger partial charge in [0.05, 0.1) is 6.42 Å². The van der Waals surface area contributed by atoms with Gasteiger partial charge in [-0.15, -0.1) is 0 Å². The summed E-state index contributed by atoms with van der Waals surface area (Å²) < 4.78 is 9.09. The first kappa shape index (κ1) is 15.1. The molecule has 2 unspecified atom stereocenters. The zero-order chi connectivity index (χ0) is 13.6. The Kier molecular flexibility index (Phi) is 5.90. The fourth-order valence-electron chi connectivity index (χ4n) is 0.766. The largest absolute Gasteiger partial charge is 0.481 e. The van der Waals surface area contributed by atoms with E-state index in [0.717, 1.165) is 0 Å². The fourth-order valence-corrected chi connectivity index (χ4v) is 0.766. The van der Waals surface area contributed by atoms with E-state index >= 15 is 0 Å². The highest BCUT2D eigenvalue weighted by Gasteiger charge is 2.23. The van der Waals surface area contributed by atoms with E-state index in [1.807, 2.05) is 0 Å². The minimum atomic E-state index is -1.79. The molecule has 0 aliphatic rings. The molecule has 2 N–H and O–H groups in total. The Morgan fingerprint density at radius 2 is 1.82 bits per heavy atom. The van der Waals surface area contributed by atoms with Crippen LogP contribution in [0.3, 0.4) is 0 Å². The fraction of sp³-hybridized carbons (Fsp3) is 0.500. The lowest BCUT2D eigenvalue weighted by Crippen LogP contribution is -2.31. The zero-order valence-corrected chi connectivity index (χ0v) is 9.50. The molecule has 0 aliphatic carbocycles. The van der Waals surface area contributed by atoms with Gasteiger partial charge in [0.1, 0.15) is 0 Å². The molecule has 0 aromatic carbocycles. The first-order valence-corrected chi connectivity index (χ1v) is 4.71. The highest BCUT2D eigenvalue weighted by Crippen LogP contribution is 2.03. The van der Waals surface area contributed by atoms with Crippen molar-refractivity contribution in [2.45, 2.75) is 32.7 Å². The third-order valence-corrected chi connectivity index (χ3v) is 1.54. The summed E-state index contributed by atoms with van der Waals surface area (Å²) in [5.74, 6) is -3.27. The molecule has 0 rings (SSSR count). The number of esters is 2. The van der Waals surface area contributed by atoms with Crippen molar-refractivity contribution >= 4 is 17.9 Å². The van der Waals surface area contributed by atoms with E-state index in [4.69, 9.17) is 10.2 Å². The van der Waals surface area contributed by atoms with Crippen LogP contribution in [0.2, 0.25) is 0 Å². The number of ether oxygens (including phenoxy) is 2. The Hall–Kier alpha value is -1.89. The molecule has 0 fully saturated rings. The van der Waals surface area contributed by atoms with Crippen molar-refractivity contribution in [2.75, 3.05) is 0 Å². The summed E-state index contributed by atoms with van der Waals surface area (Å²) in [5, 5.41) is 17.4. The van der Waals surface area contributed by atoms with Crippen molar-refractivity contribution in [3.8, 4) is 0 Å². The van der Waals surface area contributed by atoms with Crippen LogP contribution < -0.4 is 0 Å². The van der Waals surface area contributed by atoms with Crippen LogP contribution in [0.4, 0.5) is 0 Å². The van der Waals surface area contributed by atoms with E-state index in [0.29, 0.717) is 0 Å². The third kappa shape index (κ3) is 6.31. The van der Waals surface area contributed by atoms with Gasteiger partial charge in [-0.1, -0.05) is 6.58 Å². The Bertz CT molecular complexity index is 334. The topological polar surface area (TPSA) is 110 Å². The van der Waals surface area contributed by atoms with Gasteiger partial charge in [0.25, 0.3) is 0 Å². The first-order chi connectivity index (χ1) is 7.73. The van der Waals surface area contributed by atoms with Crippen molar-refractivity contribution in [3.05, 3.63) is 12.2 Å². The number of hydrogen-bond donors (Lipinski definition) is 2. The van der Waals surface area contributed by atoms with E-state index in [1.54, 1.807) is 0 Å². The minimum absolute atomic E-state index is 0.124. The Labute approximate surface area is 97.6 Å². The number of carboxylic acid groups (broad SMARTS) is 1. The van der Waals surface area contributed by atoms with E-state index in [1.165, 1.54) is 13.8 Å². The summed E-state index contributed by atoms with van der Waals surface area (Å²) in [5.41, 5.74) is 0.124. The van der Waals surface area contributed by atoms with Crippen LogP contribution in [0.15, 0.2) is 12.2 Å². The average molecular weight is 246 g/mol. The normalized spacial score (nSPS) is 13.4. The third-order valence-electron chi connectivity index (χ3n) is 1.54. The summed E-state index contributed by atoms with van der Waals surface area (Å²) in [4.78, 5) is 32.3. The molecule has 0 bridgehead atoms. The molecule has 0 saturated heterocycles. The monoisotopic (exact) mass is 246 g/mol. The molecule has 2 atom stereocenters. The molecule has 0 aromatic heterocycles. The second-order valence-corrected chi connectivity index (χ2v) is 3.30. The molecular weight excluding hydrogens is 232 g/mol. The van der Waals surface area contributed by atoms with Crippen LogP contribution in [0.1, 0.15) is 20.3 Å². The number of carbonyl (C=O) groups excluding carboxylic acids is 2. The molecule has 0 aliphatic heterocycles. The molecular formula is C10H14O7. The minimum Gasteiger partial charge on any atom is -0.481 e. The molecule has 0 amide bonds. The van der Waals surface area contributed by atoms with Gasteiger partial charge in [-0.2, -0.15) is 0 Å². The molecule has 7 nitrogen and oxygen atoms in total. The van der Waals surface area contributed by atoms with Crippen LogP contribution in [-0.2, 0) is 23.9 Å². The number of aliphatic hydroxyl groups is 1. The van der Waals surface area contributed by atoms with Gasteiger partial charge in [0.15, 0.2) is 6.10 Å². The summed E-state index contributed by atoms with van der Waals surface area (Å²) in [6.07, 6.45) is -3.80. The van der Waals surface area contributed by atoms with E-state index in [2.05, 4.69) is 16.1 Å². The van der Waals surface area contributed by atoms with Crippen molar-refractivity contribution in [1.82, 2.24) is 0 Å². The van der Waals surface area contributed by atoms with Crippen LogP contribution >= 0.6 is 0 Å². The Balaban J connectivity index is 4.16. The van der Waals surface area contributed by atoms with Crippen LogP contribution in [0.25, 0.3) is 0 Å². The van der Waals surface area contributed by atoms with Crippen LogP contribution in [0, 0.1) is 0 Å². The molecule has 0 heterocycles. The lowest BCUT2D eigenvalue weighted by molar-refractivity contribution is -0.189. The molecule has 96 valence electrons. The highest BCUT2D eigenvalue weighted by atomic mass is 16.7. The standard InChI is InChI=1S/C10H14O7/c1-5(2)9(14)16-6(3)17-10(15)7(11)4-8(12)13/h6-7,11H,1,4H2,2-3H3,(H,12,13). The van der Waals surface area contributed by atoms with Gasteiger partial charge >= 0.3 is 17.9 Å². The molecule has 0 aromatic rings. The number of aliphatic hydroxyl groups excluding tert-OH is 1. The van der Waals surface area contributed by atoms with Gasteiger partial charge in [-0.25, -0.2) is 9.59 Å². The van der Waals surface area contributed by atoms with Crippen molar-refractivity contribution in [3.63, 3.8) is 0 Å². The lowest BCUT2D eigenvalue weighted by Gasteiger charge is -2.15. The van der Waals surface area contributed by atoms with E-state index in [-0.39, 0.29) is 5.57 Å². The maximum absolute atomic E-state index is 11.1. The number of hydrogen-bond acceptors (Lipinski definition) is 6. The van der Waals surface area contributed by atoms with Crippen LogP contribution in [0.5, 0.6) is 0 Å². The number of aliphatic carboxylic acids is 1. The second-order valence-electron chi connectivity index (χ2n) is 3.30. The van der Waals surface area contributed by atoms with Crippen molar-refractivity contribution < 1.29 is 34.1 Å².